The maximum absolute atomic E-state index is 13.7. The first-order valence-corrected chi connectivity index (χ1v) is 11.6. The molecule has 0 saturated carbocycles. The third kappa shape index (κ3) is 4.62. The van der Waals surface area contributed by atoms with E-state index in [9.17, 15) is 18.0 Å². The van der Waals surface area contributed by atoms with E-state index in [0.29, 0.717) is 29.2 Å². The van der Waals surface area contributed by atoms with Crippen molar-refractivity contribution in [2.24, 2.45) is 0 Å². The molecule has 1 saturated heterocycles. The van der Waals surface area contributed by atoms with Crippen molar-refractivity contribution in [1.82, 2.24) is 19.9 Å². The molecule has 7 nitrogen and oxygen atoms in total. The maximum Gasteiger partial charge on any atom is 0.421 e. The van der Waals surface area contributed by atoms with Gasteiger partial charge in [-0.3, -0.25) is 4.79 Å². The molecule has 3 heterocycles. The number of carbonyl (C=O) groups excluding carboxylic acids is 1. The predicted molar refractivity (Wildman–Crippen MR) is 142 cm³/mol. The van der Waals surface area contributed by atoms with E-state index in [1.165, 1.54) is 18.4 Å². The zero-order valence-corrected chi connectivity index (χ0v) is 21.2. The Morgan fingerprint density at radius 2 is 1.82 bits per heavy atom. The molecule has 2 aromatic heterocycles. The zero-order valence-electron chi connectivity index (χ0n) is 19.6. The molecule has 2 aromatic rings. The predicted octanol–water partition coefficient (Wildman–Crippen LogP) is -2.66. The molecule has 3 rings (SSSR count). The van der Waals surface area contributed by atoms with Crippen LogP contribution >= 0.6 is 22.9 Å². The van der Waals surface area contributed by atoms with Crippen molar-refractivity contribution in [1.29, 1.82) is 0 Å². The number of nitrogens with zero attached hydrogens (tertiary/aromatic N) is 4. The summed E-state index contributed by atoms with van der Waals surface area (Å²) in [7, 11) is 13.3. The summed E-state index contributed by atoms with van der Waals surface area (Å²) in [5, 5.41) is 5.53. The van der Waals surface area contributed by atoms with E-state index < -0.39 is 22.3 Å². The molecule has 1 amide bonds. The van der Waals surface area contributed by atoms with E-state index in [1.54, 1.807) is 0 Å². The maximum atomic E-state index is 13.7. The summed E-state index contributed by atoms with van der Waals surface area (Å²) in [6.45, 7) is 0.590. The normalized spacial score (nSPS) is 19.7. The Morgan fingerprint density at radius 3 is 2.30 bits per heavy atom. The minimum Gasteiger partial charge on any atom is -0.372 e. The number of amides is 1. The number of carbonyl (C=O) groups is 1. The lowest BCUT2D eigenvalue weighted by atomic mass is 9.32. The van der Waals surface area contributed by atoms with Crippen LogP contribution in [0.25, 0.3) is 0 Å². The Bertz CT molecular complexity index is 1080. The fourth-order valence-corrected chi connectivity index (χ4v) is 5.65. The number of likely N-dealkylation sites (tertiary alicyclic amines) is 1. The second kappa shape index (κ2) is 8.48. The zero-order chi connectivity index (χ0) is 25.0. The average Bonchev–Trinajstić information content (AvgIpc) is 3.21. The summed E-state index contributed by atoms with van der Waals surface area (Å²) in [6.07, 6.45) is -3.31. The first kappa shape index (κ1) is 25.9. The topological polar surface area (TPSA) is 83.0 Å². The van der Waals surface area contributed by atoms with Crippen molar-refractivity contribution in [3.63, 3.8) is 0 Å². The van der Waals surface area contributed by atoms with Gasteiger partial charge in [-0.05, 0) is 11.7 Å². The number of anilines is 3. The van der Waals surface area contributed by atoms with Gasteiger partial charge in [-0.1, -0.05) is 28.1 Å². The molecule has 1 aliphatic rings. The lowest BCUT2D eigenvalue weighted by molar-refractivity contribution is -0.137. The number of hydrogen-bond acceptors (Lipinski definition) is 7. The number of alkyl halides is 3. The molecular weight excluding hydrogens is 470 g/mol. The van der Waals surface area contributed by atoms with Gasteiger partial charge in [0.05, 0.1) is 29.0 Å². The Kier molecular flexibility index (Phi) is 6.65. The molecule has 18 heteroatoms. The second-order valence-corrected chi connectivity index (χ2v) is 11.4. The van der Waals surface area contributed by atoms with Gasteiger partial charge in [0.25, 0.3) is 0 Å². The quantitative estimate of drug-likeness (QED) is 0.430. The van der Waals surface area contributed by atoms with Crippen LogP contribution in [-0.2, 0) is 16.4 Å². The van der Waals surface area contributed by atoms with Crippen LogP contribution in [0.4, 0.5) is 29.9 Å². The van der Waals surface area contributed by atoms with E-state index in [4.69, 9.17) is 11.6 Å². The smallest absolute Gasteiger partial charge is 0.372 e. The molecular formula is C15H22B6ClF3N6OS. The number of nitrogens with one attached hydrogen (secondary N) is 2. The van der Waals surface area contributed by atoms with Gasteiger partial charge in [0.1, 0.15) is 44.9 Å². The van der Waals surface area contributed by atoms with Crippen LogP contribution in [0.3, 0.4) is 0 Å². The third-order valence-electron chi connectivity index (χ3n) is 5.92. The van der Waals surface area contributed by atoms with Crippen LogP contribution in [-0.4, -0.2) is 91.7 Å². The number of aromatic nitrogens is 3. The van der Waals surface area contributed by atoms with E-state index in [-0.39, 0.29) is 28.1 Å². The molecule has 1 fully saturated rings. The minimum atomic E-state index is -4.59. The molecule has 2 N–H and O–H groups in total. The minimum absolute atomic E-state index is 0.0114. The summed E-state index contributed by atoms with van der Waals surface area (Å²) in [6, 6.07) is 0. The van der Waals surface area contributed by atoms with Gasteiger partial charge in [0.15, 0.2) is 5.15 Å². The highest BCUT2D eigenvalue weighted by Crippen LogP contribution is 2.52. The number of thiazole rings is 1. The fraction of sp³-hybridized carbons (Fsp3) is 0.467. The van der Waals surface area contributed by atoms with Crippen molar-refractivity contribution in [2.75, 3.05) is 24.2 Å². The Labute approximate surface area is 204 Å². The summed E-state index contributed by atoms with van der Waals surface area (Å²) >= 11 is 7.59. The van der Waals surface area contributed by atoms with Crippen molar-refractivity contribution < 1.29 is 18.0 Å². The Hall–Kier alpha value is -1.75. The second-order valence-electron chi connectivity index (χ2n) is 10.0. The number of halogens is 4. The van der Waals surface area contributed by atoms with E-state index >= 15 is 0 Å². The molecule has 170 valence electrons. The summed E-state index contributed by atoms with van der Waals surface area (Å²) < 4.78 is 39.4. The summed E-state index contributed by atoms with van der Waals surface area (Å²) in [5.74, 6) is -0.440. The highest BCUT2D eigenvalue weighted by molar-refractivity contribution is 7.16. The lowest BCUT2D eigenvalue weighted by Gasteiger charge is -2.41. The van der Waals surface area contributed by atoms with Crippen LogP contribution in [0.2, 0.25) is 10.3 Å². The Morgan fingerprint density at radius 1 is 1.18 bits per heavy atom. The van der Waals surface area contributed by atoms with Gasteiger partial charge in [0, 0.05) is 19.8 Å². The van der Waals surface area contributed by atoms with Gasteiger partial charge in [-0.15, -0.1) is 0 Å². The molecule has 0 bridgehead atoms. The molecule has 0 spiro atoms. The van der Waals surface area contributed by atoms with Crippen molar-refractivity contribution in [3.05, 3.63) is 21.9 Å². The van der Waals surface area contributed by atoms with Crippen molar-refractivity contribution in [2.45, 2.75) is 28.4 Å². The standard InChI is InChI=1S/C15H22B6ClF3N6OS/c1-26-7-5(13(23,24)25)4-27-11(29-7)30-8-6(22)28-9(33-8)12(14(16,17)18)2-3-31(10(12)32)15(19,20)21/h4H,2-3,16-21H2,1H3,(H2,26,27,29,30). The monoisotopic (exact) mass is 492 g/mol. The molecule has 0 aliphatic carbocycles. The average molecular weight is 492 g/mol. The van der Waals surface area contributed by atoms with Gasteiger partial charge in [-0.25, -0.2) is 9.97 Å². The molecule has 33 heavy (non-hydrogen) atoms. The molecule has 1 atom stereocenters. The van der Waals surface area contributed by atoms with Gasteiger partial charge < -0.3 is 15.5 Å². The van der Waals surface area contributed by atoms with E-state index in [0.717, 1.165) is 0 Å². The fourth-order valence-electron chi connectivity index (χ4n) is 4.08. The Balaban J connectivity index is 2.01. The SMILES string of the molecule is BC(B)(B)N1CCC(c2nc(Cl)c(Nc3ncc(C(F)(F)F)c(NC)n3)s2)(C(B)(B)B)C1=O. The molecule has 0 radical (unpaired) electrons. The first-order chi connectivity index (χ1) is 15.0. The van der Waals surface area contributed by atoms with E-state index in [2.05, 4.69) is 25.6 Å². The largest absolute Gasteiger partial charge is 0.421 e. The van der Waals surface area contributed by atoms with Crippen LogP contribution < -0.4 is 10.6 Å². The first-order valence-electron chi connectivity index (χ1n) is 10.4. The molecule has 1 aliphatic heterocycles. The summed E-state index contributed by atoms with van der Waals surface area (Å²) in [4.78, 5) is 27.8. The third-order valence-corrected chi connectivity index (χ3v) is 7.44. The lowest BCUT2D eigenvalue weighted by Crippen LogP contribution is -2.56. The van der Waals surface area contributed by atoms with Crippen molar-refractivity contribution >= 4 is 92.7 Å². The molecule has 1 unspecified atom stereocenters. The number of hydrogen-bond donors (Lipinski definition) is 2. The van der Waals surface area contributed by atoms with Gasteiger partial charge in [-0.2, -0.15) is 18.2 Å². The number of rotatable bonds is 6. The highest BCUT2D eigenvalue weighted by atomic mass is 35.5. The van der Waals surface area contributed by atoms with Gasteiger partial charge in [0.2, 0.25) is 11.9 Å². The van der Waals surface area contributed by atoms with Gasteiger partial charge >= 0.3 is 6.18 Å². The van der Waals surface area contributed by atoms with Crippen LogP contribution in [0, 0.1) is 0 Å². The van der Waals surface area contributed by atoms with E-state index in [1.807, 2.05) is 52.0 Å². The van der Waals surface area contributed by atoms with Crippen LogP contribution in [0.5, 0.6) is 0 Å². The highest BCUT2D eigenvalue weighted by Gasteiger charge is 2.58. The summed E-state index contributed by atoms with van der Waals surface area (Å²) in [5.41, 5.74) is -1.86. The molecule has 0 aromatic carbocycles. The van der Waals surface area contributed by atoms with Crippen LogP contribution in [0.15, 0.2) is 6.20 Å². The van der Waals surface area contributed by atoms with Crippen molar-refractivity contribution in [3.8, 4) is 0 Å². The van der Waals surface area contributed by atoms with Crippen LogP contribution in [0.1, 0.15) is 17.0 Å².